The van der Waals surface area contributed by atoms with Crippen molar-refractivity contribution in [2.24, 2.45) is 23.5 Å². The summed E-state index contributed by atoms with van der Waals surface area (Å²) in [7, 11) is 0. The Morgan fingerprint density at radius 3 is 2.53 bits per heavy atom. The van der Waals surface area contributed by atoms with Gasteiger partial charge in [-0.3, -0.25) is 4.79 Å². The summed E-state index contributed by atoms with van der Waals surface area (Å²) >= 11 is 0. The number of nitrogens with zero attached hydrogens (tertiary/aromatic N) is 1. The Morgan fingerprint density at radius 1 is 1.21 bits per heavy atom. The van der Waals surface area contributed by atoms with E-state index < -0.39 is 0 Å². The summed E-state index contributed by atoms with van der Waals surface area (Å²) in [5.74, 6) is 1.93. The minimum Gasteiger partial charge on any atom is -0.342 e. The molecular weight excluding hydrogens is 236 g/mol. The highest BCUT2D eigenvalue weighted by Gasteiger charge is 2.35. The highest BCUT2D eigenvalue weighted by atomic mass is 16.2. The van der Waals surface area contributed by atoms with Gasteiger partial charge in [-0.2, -0.15) is 0 Å². The third kappa shape index (κ3) is 3.71. The summed E-state index contributed by atoms with van der Waals surface area (Å²) in [6.07, 6.45) is 8.17. The van der Waals surface area contributed by atoms with Crippen LogP contribution in [0.25, 0.3) is 0 Å². The van der Waals surface area contributed by atoms with Gasteiger partial charge >= 0.3 is 0 Å². The van der Waals surface area contributed by atoms with Crippen LogP contribution in [0.2, 0.25) is 0 Å². The number of carbonyl (C=O) groups excluding carboxylic acids is 1. The van der Waals surface area contributed by atoms with Gasteiger partial charge in [0.05, 0.1) is 5.92 Å². The summed E-state index contributed by atoms with van der Waals surface area (Å²) in [6.45, 7) is 6.42. The average molecular weight is 266 g/mol. The van der Waals surface area contributed by atoms with Gasteiger partial charge in [0.15, 0.2) is 0 Å². The normalized spacial score (nSPS) is 33.4. The maximum atomic E-state index is 12.6. The summed E-state index contributed by atoms with van der Waals surface area (Å²) < 4.78 is 0. The molecule has 0 aromatic carbocycles. The summed E-state index contributed by atoms with van der Waals surface area (Å²) in [6, 6.07) is 0.0945. The number of hydrogen-bond donors (Lipinski definition) is 1. The summed E-state index contributed by atoms with van der Waals surface area (Å²) in [5, 5.41) is 0. The lowest BCUT2D eigenvalue weighted by molar-refractivity contribution is -0.139. The van der Waals surface area contributed by atoms with Gasteiger partial charge < -0.3 is 10.6 Å². The molecule has 1 heterocycles. The summed E-state index contributed by atoms with van der Waals surface area (Å²) in [4.78, 5) is 14.7. The van der Waals surface area contributed by atoms with E-state index in [4.69, 9.17) is 5.73 Å². The second kappa shape index (κ2) is 6.74. The molecule has 2 aliphatic rings. The Kier molecular flexibility index (Phi) is 5.26. The molecule has 3 atom stereocenters. The molecule has 0 bridgehead atoms. The topological polar surface area (TPSA) is 46.3 Å². The van der Waals surface area contributed by atoms with E-state index in [1.807, 2.05) is 0 Å². The van der Waals surface area contributed by atoms with Gasteiger partial charge in [-0.1, -0.05) is 26.7 Å². The summed E-state index contributed by atoms with van der Waals surface area (Å²) in [5.41, 5.74) is 6.18. The molecule has 2 rings (SSSR count). The van der Waals surface area contributed by atoms with Gasteiger partial charge in [0.25, 0.3) is 0 Å². The minimum absolute atomic E-state index is 0.0893. The minimum atomic E-state index is 0.0893. The molecule has 2 N–H and O–H groups in total. The number of likely N-dealkylation sites (tertiary alicyclic amines) is 1. The average Bonchev–Trinajstić information content (AvgIpc) is 2.42. The Bertz CT molecular complexity index is 297. The maximum Gasteiger partial charge on any atom is 0.227 e. The van der Waals surface area contributed by atoms with Crippen molar-refractivity contribution in [1.29, 1.82) is 0 Å². The highest BCUT2D eigenvalue weighted by Crippen LogP contribution is 2.31. The van der Waals surface area contributed by atoms with Crippen molar-refractivity contribution in [2.45, 2.75) is 64.8 Å². The number of amides is 1. The molecule has 3 unspecified atom stereocenters. The van der Waals surface area contributed by atoms with E-state index in [1.165, 1.54) is 32.1 Å². The Labute approximate surface area is 117 Å². The lowest BCUT2D eigenvalue weighted by Crippen LogP contribution is -2.49. The van der Waals surface area contributed by atoms with Crippen LogP contribution in [0.1, 0.15) is 58.8 Å². The third-order valence-electron chi connectivity index (χ3n) is 5.11. The van der Waals surface area contributed by atoms with E-state index in [0.717, 1.165) is 31.8 Å². The standard InChI is InChI=1S/C16H30N2O/c1-3-4-13-7-9-18(10-8-13)16(19)14-11-12(2)5-6-15(14)17/h12-15H,3-11,17H2,1-2H3. The van der Waals surface area contributed by atoms with Crippen molar-refractivity contribution >= 4 is 5.91 Å². The number of hydrogen-bond acceptors (Lipinski definition) is 2. The zero-order chi connectivity index (χ0) is 13.8. The number of piperidine rings is 1. The Hall–Kier alpha value is -0.570. The first-order valence-corrected chi connectivity index (χ1v) is 8.16. The van der Waals surface area contributed by atoms with E-state index >= 15 is 0 Å². The van der Waals surface area contributed by atoms with E-state index in [1.54, 1.807) is 0 Å². The van der Waals surface area contributed by atoms with E-state index in [0.29, 0.717) is 11.8 Å². The molecule has 0 spiro atoms. The lowest BCUT2D eigenvalue weighted by Gasteiger charge is -2.38. The molecule has 110 valence electrons. The molecule has 1 saturated carbocycles. The SMILES string of the molecule is CCCC1CCN(C(=O)C2CC(C)CCC2N)CC1. The largest absolute Gasteiger partial charge is 0.342 e. The number of carbonyl (C=O) groups is 1. The van der Waals surface area contributed by atoms with Gasteiger partial charge in [-0.05, 0) is 43.9 Å². The van der Waals surface area contributed by atoms with Crippen LogP contribution < -0.4 is 5.73 Å². The molecule has 3 heteroatoms. The van der Waals surface area contributed by atoms with E-state index in [-0.39, 0.29) is 12.0 Å². The van der Waals surface area contributed by atoms with Crippen LogP contribution >= 0.6 is 0 Å². The van der Waals surface area contributed by atoms with Gasteiger partial charge in [0.1, 0.15) is 0 Å². The van der Waals surface area contributed by atoms with Crippen molar-refractivity contribution in [3.8, 4) is 0 Å². The third-order valence-corrected chi connectivity index (χ3v) is 5.11. The highest BCUT2D eigenvalue weighted by molar-refractivity contribution is 5.79. The molecule has 1 aliphatic carbocycles. The van der Waals surface area contributed by atoms with Crippen LogP contribution in [-0.2, 0) is 4.79 Å². The van der Waals surface area contributed by atoms with Crippen LogP contribution in [0.4, 0.5) is 0 Å². The molecular formula is C16H30N2O. The fourth-order valence-corrected chi connectivity index (χ4v) is 3.77. The smallest absolute Gasteiger partial charge is 0.227 e. The zero-order valence-corrected chi connectivity index (χ0v) is 12.6. The van der Waals surface area contributed by atoms with E-state index in [9.17, 15) is 4.79 Å². The second-order valence-corrected chi connectivity index (χ2v) is 6.75. The predicted molar refractivity (Wildman–Crippen MR) is 78.7 cm³/mol. The molecule has 19 heavy (non-hydrogen) atoms. The first-order chi connectivity index (χ1) is 9.11. The van der Waals surface area contributed by atoms with Gasteiger partial charge in [0.2, 0.25) is 5.91 Å². The molecule has 0 radical (unpaired) electrons. The van der Waals surface area contributed by atoms with Crippen LogP contribution in [0, 0.1) is 17.8 Å². The molecule has 0 aromatic rings. The molecule has 1 amide bonds. The molecule has 1 aliphatic heterocycles. The Morgan fingerprint density at radius 2 is 1.89 bits per heavy atom. The van der Waals surface area contributed by atoms with Crippen LogP contribution in [0.15, 0.2) is 0 Å². The fraction of sp³-hybridized carbons (Fsp3) is 0.938. The number of rotatable bonds is 3. The fourth-order valence-electron chi connectivity index (χ4n) is 3.77. The van der Waals surface area contributed by atoms with Crippen molar-refractivity contribution < 1.29 is 4.79 Å². The Balaban J connectivity index is 1.86. The van der Waals surface area contributed by atoms with Crippen molar-refractivity contribution in [1.82, 2.24) is 4.90 Å². The van der Waals surface area contributed by atoms with Crippen LogP contribution in [-0.4, -0.2) is 29.9 Å². The van der Waals surface area contributed by atoms with Crippen LogP contribution in [0.5, 0.6) is 0 Å². The quantitative estimate of drug-likeness (QED) is 0.854. The monoisotopic (exact) mass is 266 g/mol. The first-order valence-electron chi connectivity index (χ1n) is 8.16. The zero-order valence-electron chi connectivity index (χ0n) is 12.6. The second-order valence-electron chi connectivity index (χ2n) is 6.75. The molecule has 1 saturated heterocycles. The van der Waals surface area contributed by atoms with Gasteiger partial charge in [-0.15, -0.1) is 0 Å². The van der Waals surface area contributed by atoms with Crippen LogP contribution in [0.3, 0.4) is 0 Å². The first kappa shape index (κ1) is 14.8. The molecule has 2 fully saturated rings. The molecule has 0 aromatic heterocycles. The lowest BCUT2D eigenvalue weighted by atomic mass is 9.78. The number of nitrogens with two attached hydrogens (primary N) is 1. The van der Waals surface area contributed by atoms with Crippen molar-refractivity contribution in [3.63, 3.8) is 0 Å². The van der Waals surface area contributed by atoms with E-state index in [2.05, 4.69) is 18.7 Å². The maximum absolute atomic E-state index is 12.6. The van der Waals surface area contributed by atoms with Gasteiger partial charge in [-0.25, -0.2) is 0 Å². The van der Waals surface area contributed by atoms with Crippen molar-refractivity contribution in [3.05, 3.63) is 0 Å². The molecule has 3 nitrogen and oxygen atoms in total. The van der Waals surface area contributed by atoms with Crippen molar-refractivity contribution in [2.75, 3.05) is 13.1 Å². The predicted octanol–water partition coefficient (Wildman–Crippen LogP) is 2.79. The van der Waals surface area contributed by atoms with Gasteiger partial charge in [0, 0.05) is 19.1 Å².